The van der Waals surface area contributed by atoms with E-state index >= 15 is 0 Å². The maximum Gasteiger partial charge on any atom is 0.256 e. The van der Waals surface area contributed by atoms with Crippen molar-refractivity contribution in [3.63, 3.8) is 0 Å². The number of carbonyl (C=O) groups is 2. The highest BCUT2D eigenvalue weighted by atomic mass is 16.2. The highest BCUT2D eigenvalue weighted by Crippen LogP contribution is 2.10. The monoisotopic (exact) mass is 256 g/mol. The molecule has 96 valence electrons. The Labute approximate surface area is 109 Å². The van der Waals surface area contributed by atoms with Gasteiger partial charge < -0.3 is 10.3 Å². The molecule has 0 fully saturated rings. The Hall–Kier alpha value is -2.69. The van der Waals surface area contributed by atoms with Gasteiger partial charge in [-0.05, 0) is 19.1 Å². The number of benzene rings is 1. The van der Waals surface area contributed by atoms with Gasteiger partial charge in [0, 0.05) is 17.8 Å². The Morgan fingerprint density at radius 3 is 2.42 bits per heavy atom. The van der Waals surface area contributed by atoms with Crippen LogP contribution in [0.4, 0.5) is 5.82 Å². The van der Waals surface area contributed by atoms with Crippen molar-refractivity contribution in [3.05, 3.63) is 63.9 Å². The number of carbonyl (C=O) groups excluding carboxylic acids is 2. The summed E-state index contributed by atoms with van der Waals surface area (Å²) in [5, 5.41) is 2.53. The minimum atomic E-state index is -0.422. The van der Waals surface area contributed by atoms with Crippen LogP contribution in [0.5, 0.6) is 0 Å². The Kier molecular flexibility index (Phi) is 3.56. The van der Waals surface area contributed by atoms with E-state index in [2.05, 4.69) is 10.3 Å². The predicted molar refractivity (Wildman–Crippen MR) is 71.5 cm³/mol. The van der Waals surface area contributed by atoms with Crippen LogP contribution in [0, 0.1) is 0 Å². The molecule has 2 rings (SSSR count). The van der Waals surface area contributed by atoms with E-state index in [4.69, 9.17) is 0 Å². The molecule has 5 nitrogen and oxygen atoms in total. The van der Waals surface area contributed by atoms with E-state index < -0.39 is 11.2 Å². The summed E-state index contributed by atoms with van der Waals surface area (Å²) in [6, 6.07) is 9.79. The second-order valence-electron chi connectivity index (χ2n) is 3.97. The van der Waals surface area contributed by atoms with Gasteiger partial charge in [0.25, 0.3) is 5.91 Å². The summed E-state index contributed by atoms with van der Waals surface area (Å²) < 4.78 is 0. The van der Waals surface area contributed by atoms with E-state index in [1.165, 1.54) is 19.2 Å². The molecule has 1 aromatic carbocycles. The number of H-pyrrole nitrogens is 1. The van der Waals surface area contributed by atoms with Gasteiger partial charge in [-0.2, -0.15) is 0 Å². The molecule has 2 aromatic rings. The normalized spacial score (nSPS) is 9.95. The summed E-state index contributed by atoms with van der Waals surface area (Å²) in [6.07, 6.45) is 1.38. The maximum atomic E-state index is 12.0. The van der Waals surface area contributed by atoms with Crippen molar-refractivity contribution in [1.82, 2.24) is 4.98 Å². The summed E-state index contributed by atoms with van der Waals surface area (Å²) in [7, 11) is 0. The van der Waals surface area contributed by atoms with Crippen molar-refractivity contribution < 1.29 is 9.59 Å². The van der Waals surface area contributed by atoms with E-state index in [1.54, 1.807) is 30.3 Å². The van der Waals surface area contributed by atoms with E-state index in [0.29, 0.717) is 5.56 Å². The molecule has 0 atom stereocenters. The fourth-order valence-corrected chi connectivity index (χ4v) is 1.70. The standard InChI is InChI=1S/C14H12N2O3/c1-9(17)12-11(18)7-8-15-13(12)16-14(19)10-5-3-2-4-6-10/h2-8H,1H3,(H2,15,16,18,19). The van der Waals surface area contributed by atoms with Crippen LogP contribution in [-0.4, -0.2) is 16.7 Å². The summed E-state index contributed by atoms with van der Waals surface area (Å²) >= 11 is 0. The zero-order valence-corrected chi connectivity index (χ0v) is 10.3. The minimum absolute atomic E-state index is 0.0493. The van der Waals surface area contributed by atoms with E-state index in [0.717, 1.165) is 0 Å². The Morgan fingerprint density at radius 2 is 1.79 bits per heavy atom. The quantitative estimate of drug-likeness (QED) is 0.822. The molecule has 0 bridgehead atoms. The number of rotatable bonds is 3. The SMILES string of the molecule is CC(=O)c1c(NC(=O)c2ccccc2)[nH]ccc1=O. The van der Waals surface area contributed by atoms with Crippen LogP contribution >= 0.6 is 0 Å². The van der Waals surface area contributed by atoms with Crippen molar-refractivity contribution in [2.24, 2.45) is 0 Å². The summed E-state index contributed by atoms with van der Waals surface area (Å²) in [5.41, 5.74) is -0.0249. The Morgan fingerprint density at radius 1 is 1.11 bits per heavy atom. The molecular weight excluding hydrogens is 244 g/mol. The Bertz CT molecular complexity index is 675. The minimum Gasteiger partial charge on any atom is -0.347 e. The van der Waals surface area contributed by atoms with Gasteiger partial charge >= 0.3 is 0 Å². The molecule has 1 aromatic heterocycles. The van der Waals surface area contributed by atoms with Crippen molar-refractivity contribution in [2.75, 3.05) is 5.32 Å². The lowest BCUT2D eigenvalue weighted by atomic mass is 10.1. The fraction of sp³-hybridized carbons (Fsp3) is 0.0714. The highest BCUT2D eigenvalue weighted by Gasteiger charge is 2.14. The number of aromatic nitrogens is 1. The highest BCUT2D eigenvalue weighted by molar-refractivity contribution is 6.08. The molecule has 0 aliphatic rings. The summed E-state index contributed by atoms with van der Waals surface area (Å²) in [6.45, 7) is 1.28. The third kappa shape index (κ3) is 2.77. The van der Waals surface area contributed by atoms with Gasteiger partial charge in [-0.15, -0.1) is 0 Å². The smallest absolute Gasteiger partial charge is 0.256 e. The largest absolute Gasteiger partial charge is 0.347 e. The number of nitrogens with one attached hydrogen (secondary N) is 2. The summed E-state index contributed by atoms with van der Waals surface area (Å²) in [5.74, 6) is -0.663. The number of pyridine rings is 1. The molecule has 0 aliphatic heterocycles. The molecule has 1 amide bonds. The molecule has 0 radical (unpaired) electrons. The molecular formula is C14H12N2O3. The van der Waals surface area contributed by atoms with Crippen molar-refractivity contribution in [2.45, 2.75) is 6.92 Å². The number of anilines is 1. The van der Waals surface area contributed by atoms with E-state index in [1.807, 2.05) is 0 Å². The van der Waals surface area contributed by atoms with Crippen LogP contribution in [-0.2, 0) is 0 Å². The Balaban J connectivity index is 2.35. The van der Waals surface area contributed by atoms with Crippen LogP contribution < -0.4 is 10.7 Å². The lowest BCUT2D eigenvalue weighted by Gasteiger charge is -2.08. The second-order valence-corrected chi connectivity index (χ2v) is 3.97. The first-order chi connectivity index (χ1) is 9.09. The number of Topliss-reactive ketones (excluding diaryl/α,β-unsaturated/α-hetero) is 1. The van der Waals surface area contributed by atoms with E-state index in [9.17, 15) is 14.4 Å². The number of hydrogen-bond acceptors (Lipinski definition) is 3. The van der Waals surface area contributed by atoms with Crippen LogP contribution in [0.1, 0.15) is 27.6 Å². The molecule has 0 spiro atoms. The van der Waals surface area contributed by atoms with E-state index in [-0.39, 0.29) is 17.3 Å². The van der Waals surface area contributed by atoms with Gasteiger partial charge in [-0.3, -0.25) is 14.4 Å². The fourth-order valence-electron chi connectivity index (χ4n) is 1.70. The molecule has 19 heavy (non-hydrogen) atoms. The van der Waals surface area contributed by atoms with Crippen LogP contribution in [0.15, 0.2) is 47.4 Å². The third-order valence-corrected chi connectivity index (χ3v) is 2.59. The second kappa shape index (κ2) is 5.30. The summed E-state index contributed by atoms with van der Waals surface area (Å²) in [4.78, 5) is 37.7. The van der Waals surface area contributed by atoms with Crippen LogP contribution in [0.2, 0.25) is 0 Å². The lowest BCUT2D eigenvalue weighted by molar-refractivity contribution is 0.101. The number of aromatic amines is 1. The molecule has 1 heterocycles. The molecule has 2 N–H and O–H groups in total. The molecule has 5 heteroatoms. The zero-order valence-electron chi connectivity index (χ0n) is 10.3. The van der Waals surface area contributed by atoms with Gasteiger partial charge in [-0.1, -0.05) is 18.2 Å². The number of ketones is 1. The van der Waals surface area contributed by atoms with Crippen LogP contribution in [0.25, 0.3) is 0 Å². The van der Waals surface area contributed by atoms with Gasteiger partial charge in [-0.25, -0.2) is 0 Å². The maximum absolute atomic E-state index is 12.0. The third-order valence-electron chi connectivity index (χ3n) is 2.59. The van der Waals surface area contributed by atoms with Gasteiger partial charge in [0.2, 0.25) is 0 Å². The predicted octanol–water partition coefficient (Wildman–Crippen LogP) is 1.83. The molecule has 0 saturated carbocycles. The molecule has 0 saturated heterocycles. The average Bonchev–Trinajstić information content (AvgIpc) is 2.39. The van der Waals surface area contributed by atoms with Crippen molar-refractivity contribution in [1.29, 1.82) is 0 Å². The lowest BCUT2D eigenvalue weighted by Crippen LogP contribution is -2.21. The van der Waals surface area contributed by atoms with Crippen molar-refractivity contribution >= 4 is 17.5 Å². The first kappa shape index (κ1) is 12.8. The molecule has 0 unspecified atom stereocenters. The molecule has 0 aliphatic carbocycles. The van der Waals surface area contributed by atoms with Crippen LogP contribution in [0.3, 0.4) is 0 Å². The van der Waals surface area contributed by atoms with Gasteiger partial charge in [0.1, 0.15) is 11.4 Å². The van der Waals surface area contributed by atoms with Gasteiger partial charge in [0.05, 0.1) is 0 Å². The first-order valence-corrected chi connectivity index (χ1v) is 5.68. The average molecular weight is 256 g/mol. The van der Waals surface area contributed by atoms with Crippen molar-refractivity contribution in [3.8, 4) is 0 Å². The van der Waals surface area contributed by atoms with Gasteiger partial charge in [0.15, 0.2) is 11.2 Å². The zero-order chi connectivity index (χ0) is 13.8. The number of amides is 1. The number of hydrogen-bond donors (Lipinski definition) is 2. The topological polar surface area (TPSA) is 79.0 Å². The first-order valence-electron chi connectivity index (χ1n) is 5.68.